The highest BCUT2D eigenvalue weighted by atomic mass is 35.5. The second kappa shape index (κ2) is 9.33. The molecule has 3 heterocycles. The van der Waals surface area contributed by atoms with Crippen LogP contribution in [0.1, 0.15) is 17.8 Å². The molecule has 1 aliphatic heterocycles. The van der Waals surface area contributed by atoms with Crippen LogP contribution in [0.4, 0.5) is 8.78 Å². The van der Waals surface area contributed by atoms with Gasteiger partial charge in [-0.3, -0.25) is 0 Å². The summed E-state index contributed by atoms with van der Waals surface area (Å²) in [5.41, 5.74) is 2.27. The molecule has 9 heteroatoms. The van der Waals surface area contributed by atoms with Crippen LogP contribution in [0.15, 0.2) is 42.6 Å². The molecule has 0 spiro atoms. The molecule has 1 unspecified atom stereocenters. The lowest BCUT2D eigenvalue weighted by molar-refractivity contribution is 0.490. The summed E-state index contributed by atoms with van der Waals surface area (Å²) in [6.07, 6.45) is 3.37. The predicted molar refractivity (Wildman–Crippen MR) is 126 cm³/mol. The van der Waals surface area contributed by atoms with Gasteiger partial charge in [-0.1, -0.05) is 41.4 Å². The van der Waals surface area contributed by atoms with E-state index in [1.165, 1.54) is 6.07 Å². The van der Waals surface area contributed by atoms with E-state index in [0.717, 1.165) is 25.6 Å². The summed E-state index contributed by atoms with van der Waals surface area (Å²) in [6, 6.07) is 9.56. The van der Waals surface area contributed by atoms with Gasteiger partial charge in [0, 0.05) is 13.0 Å². The van der Waals surface area contributed by atoms with Gasteiger partial charge in [0.15, 0.2) is 17.3 Å². The first-order chi connectivity index (χ1) is 16.0. The molecule has 0 amide bonds. The minimum atomic E-state index is -0.853. The third kappa shape index (κ3) is 4.45. The lowest BCUT2D eigenvalue weighted by Crippen LogP contribution is -2.16. The maximum absolute atomic E-state index is 14.1. The third-order valence-corrected chi connectivity index (χ3v) is 6.61. The average Bonchev–Trinajstić information content (AvgIpc) is 3.43. The van der Waals surface area contributed by atoms with Crippen LogP contribution in [-0.2, 0) is 19.4 Å². The summed E-state index contributed by atoms with van der Waals surface area (Å²) < 4.78 is 29.6. The molecule has 4 aromatic rings. The van der Waals surface area contributed by atoms with Crippen molar-refractivity contribution < 1.29 is 8.78 Å². The Morgan fingerprint density at radius 3 is 2.58 bits per heavy atom. The lowest BCUT2D eigenvalue weighted by Gasteiger charge is -2.15. The van der Waals surface area contributed by atoms with Crippen LogP contribution in [0.5, 0.6) is 0 Å². The number of benzene rings is 2. The van der Waals surface area contributed by atoms with E-state index in [1.807, 2.05) is 4.57 Å². The Hall–Kier alpha value is -2.61. The van der Waals surface area contributed by atoms with Crippen LogP contribution >= 0.6 is 23.2 Å². The van der Waals surface area contributed by atoms with E-state index < -0.39 is 11.6 Å². The Morgan fingerprint density at radius 1 is 1.03 bits per heavy atom. The number of hydrogen-bond donors (Lipinski definition) is 1. The van der Waals surface area contributed by atoms with Gasteiger partial charge < -0.3 is 9.88 Å². The fourth-order valence-electron chi connectivity index (χ4n) is 4.27. The second-order valence-electron chi connectivity index (χ2n) is 8.21. The molecule has 0 bridgehead atoms. The van der Waals surface area contributed by atoms with Gasteiger partial charge in [-0.05, 0) is 55.6 Å². The third-order valence-electron chi connectivity index (χ3n) is 5.98. The van der Waals surface area contributed by atoms with E-state index in [-0.39, 0.29) is 0 Å². The van der Waals surface area contributed by atoms with Crippen molar-refractivity contribution in [2.24, 2.45) is 5.92 Å². The number of aromatic nitrogens is 4. The molecule has 33 heavy (non-hydrogen) atoms. The molecule has 0 saturated carbocycles. The molecule has 1 aliphatic rings. The Kier molecular flexibility index (Phi) is 6.27. The van der Waals surface area contributed by atoms with Crippen LogP contribution < -0.4 is 5.32 Å². The molecular weight excluding hydrogens is 467 g/mol. The van der Waals surface area contributed by atoms with Crippen molar-refractivity contribution in [1.29, 1.82) is 0 Å². The number of nitrogens with one attached hydrogen (secondary N) is 1. The van der Waals surface area contributed by atoms with E-state index in [4.69, 9.17) is 33.2 Å². The van der Waals surface area contributed by atoms with Gasteiger partial charge in [-0.25, -0.2) is 23.7 Å². The quantitative estimate of drug-likeness (QED) is 0.391. The van der Waals surface area contributed by atoms with Crippen molar-refractivity contribution in [2.45, 2.75) is 25.8 Å². The van der Waals surface area contributed by atoms with Gasteiger partial charge in [-0.2, -0.15) is 0 Å². The minimum absolute atomic E-state index is 0.291. The zero-order chi connectivity index (χ0) is 22.9. The normalized spacial score (nSPS) is 16.1. The molecule has 1 fully saturated rings. The molecular formula is C24H21Cl2F2N5. The van der Waals surface area contributed by atoms with E-state index in [1.54, 1.807) is 30.5 Å². The first kappa shape index (κ1) is 22.2. The smallest absolute Gasteiger partial charge is 0.164 e. The number of nitrogens with zero attached hydrogens (tertiary/aromatic N) is 4. The van der Waals surface area contributed by atoms with Crippen molar-refractivity contribution >= 4 is 34.4 Å². The number of fused-ring (bicyclic) bond motifs is 1. The summed E-state index contributed by atoms with van der Waals surface area (Å²) in [6.45, 7) is 2.58. The summed E-state index contributed by atoms with van der Waals surface area (Å²) in [4.78, 5) is 13.9. The highest BCUT2D eigenvalue weighted by Gasteiger charge is 2.23. The van der Waals surface area contributed by atoms with E-state index in [0.29, 0.717) is 69.3 Å². The molecule has 2 aromatic carbocycles. The number of hydrogen-bond acceptors (Lipinski definition) is 4. The first-order valence-corrected chi connectivity index (χ1v) is 11.6. The van der Waals surface area contributed by atoms with Gasteiger partial charge in [0.2, 0.25) is 0 Å². The number of aryl methyl sites for hydroxylation is 2. The Morgan fingerprint density at radius 2 is 1.82 bits per heavy atom. The molecule has 0 radical (unpaired) electrons. The van der Waals surface area contributed by atoms with E-state index >= 15 is 0 Å². The second-order valence-corrected chi connectivity index (χ2v) is 9.02. The molecule has 0 aliphatic carbocycles. The highest BCUT2D eigenvalue weighted by Crippen LogP contribution is 2.36. The average molecular weight is 488 g/mol. The van der Waals surface area contributed by atoms with Crippen LogP contribution in [0, 0.1) is 17.6 Å². The van der Waals surface area contributed by atoms with Gasteiger partial charge >= 0.3 is 0 Å². The standard InChI is InChI=1S/C24H21Cl2F2N5/c25-16-4-2-5-17(26)21(16)24-31-19-12-30-20(8-7-15-3-1-6-18(27)22(15)28)32-23(19)33(24)13-14-9-10-29-11-14/h1-6,12,14,29H,7-11,13H2. The van der Waals surface area contributed by atoms with Crippen molar-refractivity contribution in [3.05, 3.63) is 75.7 Å². The van der Waals surface area contributed by atoms with E-state index in [9.17, 15) is 8.78 Å². The van der Waals surface area contributed by atoms with Crippen LogP contribution in [0.25, 0.3) is 22.6 Å². The zero-order valence-electron chi connectivity index (χ0n) is 17.7. The Balaban J connectivity index is 1.55. The summed E-state index contributed by atoms with van der Waals surface area (Å²) in [5.74, 6) is -0.0765. The van der Waals surface area contributed by atoms with Crippen molar-refractivity contribution in [2.75, 3.05) is 13.1 Å². The van der Waals surface area contributed by atoms with Gasteiger partial charge in [0.25, 0.3) is 0 Å². The maximum Gasteiger partial charge on any atom is 0.164 e. The Labute approximate surface area is 199 Å². The lowest BCUT2D eigenvalue weighted by atomic mass is 10.1. The fourth-order valence-corrected chi connectivity index (χ4v) is 4.83. The van der Waals surface area contributed by atoms with Gasteiger partial charge in [-0.15, -0.1) is 0 Å². The molecule has 5 nitrogen and oxygen atoms in total. The highest BCUT2D eigenvalue weighted by molar-refractivity contribution is 6.39. The van der Waals surface area contributed by atoms with Crippen LogP contribution in [0.3, 0.4) is 0 Å². The van der Waals surface area contributed by atoms with E-state index in [2.05, 4.69) is 10.3 Å². The molecule has 5 rings (SSSR count). The first-order valence-electron chi connectivity index (χ1n) is 10.8. The maximum atomic E-state index is 14.1. The number of imidazole rings is 1. The number of rotatable bonds is 6. The van der Waals surface area contributed by atoms with Crippen LogP contribution in [0.2, 0.25) is 10.0 Å². The predicted octanol–water partition coefficient (Wildman–Crippen LogP) is 5.47. The minimum Gasteiger partial charge on any atom is -0.316 e. The monoisotopic (exact) mass is 487 g/mol. The molecule has 170 valence electrons. The largest absolute Gasteiger partial charge is 0.316 e. The zero-order valence-corrected chi connectivity index (χ0v) is 19.2. The van der Waals surface area contributed by atoms with Crippen molar-refractivity contribution in [1.82, 2.24) is 24.8 Å². The summed E-state index contributed by atoms with van der Waals surface area (Å²) in [7, 11) is 0. The topological polar surface area (TPSA) is 55.6 Å². The molecule has 1 saturated heterocycles. The molecule has 1 N–H and O–H groups in total. The van der Waals surface area contributed by atoms with Crippen molar-refractivity contribution in [3.8, 4) is 11.4 Å². The van der Waals surface area contributed by atoms with Gasteiger partial charge in [0.1, 0.15) is 17.2 Å². The summed E-state index contributed by atoms with van der Waals surface area (Å²) >= 11 is 13.0. The molecule has 2 aromatic heterocycles. The Bertz CT molecular complexity index is 1300. The van der Waals surface area contributed by atoms with Crippen LogP contribution in [-0.4, -0.2) is 32.6 Å². The molecule has 1 atom stereocenters. The SMILES string of the molecule is Fc1cccc(CCc2ncc3nc(-c4c(Cl)cccc4Cl)n(CC4CCNC4)c3n2)c1F. The fraction of sp³-hybridized carbons (Fsp3) is 0.292. The van der Waals surface area contributed by atoms with Gasteiger partial charge in [0.05, 0.1) is 21.8 Å². The summed E-state index contributed by atoms with van der Waals surface area (Å²) in [5, 5.41) is 4.41. The van der Waals surface area contributed by atoms with Crippen molar-refractivity contribution in [3.63, 3.8) is 0 Å². The number of halogens is 4.